The molecule has 0 aliphatic carbocycles. The summed E-state index contributed by atoms with van der Waals surface area (Å²) in [5.74, 6) is 0.141. The van der Waals surface area contributed by atoms with E-state index in [9.17, 15) is 4.79 Å². The standard InChI is InChI=1S/C13H12ClN3O2/c1-19-12-6-9(15)3-5-10(12)17-13(18)11-4-2-8(14)7-16-11/h2-7H,15H2,1H3,(H,17,18). The van der Waals surface area contributed by atoms with Crippen molar-refractivity contribution >= 4 is 28.9 Å². The van der Waals surface area contributed by atoms with Crippen LogP contribution in [0.15, 0.2) is 36.5 Å². The molecule has 0 saturated carbocycles. The predicted octanol–water partition coefficient (Wildman–Crippen LogP) is 2.58. The molecule has 0 fully saturated rings. The summed E-state index contributed by atoms with van der Waals surface area (Å²) >= 11 is 5.71. The average Bonchev–Trinajstić information content (AvgIpc) is 2.41. The molecule has 1 aromatic heterocycles. The number of rotatable bonds is 3. The lowest BCUT2D eigenvalue weighted by atomic mass is 10.2. The lowest BCUT2D eigenvalue weighted by Crippen LogP contribution is -2.14. The number of benzene rings is 1. The molecule has 19 heavy (non-hydrogen) atoms. The molecular weight excluding hydrogens is 266 g/mol. The van der Waals surface area contributed by atoms with E-state index in [-0.39, 0.29) is 11.6 Å². The lowest BCUT2D eigenvalue weighted by molar-refractivity contribution is 0.102. The highest BCUT2D eigenvalue weighted by atomic mass is 35.5. The average molecular weight is 278 g/mol. The van der Waals surface area contributed by atoms with Gasteiger partial charge in [-0.2, -0.15) is 0 Å². The topological polar surface area (TPSA) is 77.2 Å². The second-order valence-corrected chi connectivity index (χ2v) is 4.21. The smallest absolute Gasteiger partial charge is 0.274 e. The molecule has 98 valence electrons. The molecule has 0 spiro atoms. The molecule has 2 rings (SSSR count). The summed E-state index contributed by atoms with van der Waals surface area (Å²) < 4.78 is 5.15. The van der Waals surface area contributed by atoms with Gasteiger partial charge in [0.1, 0.15) is 11.4 Å². The highest BCUT2D eigenvalue weighted by Gasteiger charge is 2.11. The van der Waals surface area contributed by atoms with Crippen LogP contribution in [-0.4, -0.2) is 18.0 Å². The van der Waals surface area contributed by atoms with Gasteiger partial charge in [0.05, 0.1) is 17.8 Å². The number of hydrogen-bond donors (Lipinski definition) is 2. The van der Waals surface area contributed by atoms with Gasteiger partial charge in [0, 0.05) is 18.0 Å². The van der Waals surface area contributed by atoms with Gasteiger partial charge in [-0.3, -0.25) is 4.79 Å². The van der Waals surface area contributed by atoms with E-state index in [0.717, 1.165) is 0 Å². The fourth-order valence-corrected chi connectivity index (χ4v) is 1.62. The molecule has 0 radical (unpaired) electrons. The van der Waals surface area contributed by atoms with Gasteiger partial charge in [-0.05, 0) is 24.3 Å². The van der Waals surface area contributed by atoms with Crippen molar-refractivity contribution in [1.29, 1.82) is 0 Å². The number of carbonyl (C=O) groups excluding carboxylic acids is 1. The molecule has 0 bridgehead atoms. The van der Waals surface area contributed by atoms with Crippen LogP contribution < -0.4 is 15.8 Å². The summed E-state index contributed by atoms with van der Waals surface area (Å²) in [6, 6.07) is 8.12. The van der Waals surface area contributed by atoms with Crippen LogP contribution >= 0.6 is 11.6 Å². The predicted molar refractivity (Wildman–Crippen MR) is 74.6 cm³/mol. The second-order valence-electron chi connectivity index (χ2n) is 3.78. The number of methoxy groups -OCH3 is 1. The second kappa shape index (κ2) is 5.58. The number of carbonyl (C=O) groups is 1. The Kier molecular flexibility index (Phi) is 3.87. The molecule has 6 heteroatoms. The number of nitrogens with zero attached hydrogens (tertiary/aromatic N) is 1. The quantitative estimate of drug-likeness (QED) is 0.846. The van der Waals surface area contributed by atoms with Crippen molar-refractivity contribution in [3.63, 3.8) is 0 Å². The first kappa shape index (κ1) is 13.2. The Morgan fingerprint density at radius 1 is 1.37 bits per heavy atom. The summed E-state index contributed by atoms with van der Waals surface area (Å²) in [6.45, 7) is 0. The summed E-state index contributed by atoms with van der Waals surface area (Å²) in [7, 11) is 1.50. The van der Waals surface area contributed by atoms with Gasteiger partial charge in [-0.15, -0.1) is 0 Å². The van der Waals surface area contributed by atoms with E-state index in [1.165, 1.54) is 13.3 Å². The minimum absolute atomic E-state index is 0.267. The zero-order valence-corrected chi connectivity index (χ0v) is 10.9. The van der Waals surface area contributed by atoms with Crippen molar-refractivity contribution in [2.75, 3.05) is 18.2 Å². The molecule has 3 N–H and O–H groups in total. The Morgan fingerprint density at radius 2 is 2.16 bits per heavy atom. The molecule has 0 aliphatic rings. The summed E-state index contributed by atoms with van der Waals surface area (Å²) in [5, 5.41) is 3.17. The number of aromatic nitrogens is 1. The molecule has 2 aromatic rings. The zero-order valence-electron chi connectivity index (χ0n) is 10.2. The van der Waals surface area contributed by atoms with Gasteiger partial charge in [0.25, 0.3) is 5.91 Å². The van der Waals surface area contributed by atoms with Crippen LogP contribution in [0.3, 0.4) is 0 Å². The number of anilines is 2. The van der Waals surface area contributed by atoms with Crippen LogP contribution in [0.4, 0.5) is 11.4 Å². The van der Waals surface area contributed by atoms with Gasteiger partial charge >= 0.3 is 0 Å². The highest BCUT2D eigenvalue weighted by Crippen LogP contribution is 2.26. The number of amides is 1. The van der Waals surface area contributed by atoms with Crippen LogP contribution in [-0.2, 0) is 0 Å². The van der Waals surface area contributed by atoms with E-state index in [4.69, 9.17) is 22.1 Å². The Balaban J connectivity index is 2.21. The van der Waals surface area contributed by atoms with Crippen molar-refractivity contribution in [1.82, 2.24) is 4.98 Å². The first-order valence-corrected chi connectivity index (χ1v) is 5.84. The first-order valence-electron chi connectivity index (χ1n) is 5.46. The van der Waals surface area contributed by atoms with Gasteiger partial charge in [0.2, 0.25) is 0 Å². The highest BCUT2D eigenvalue weighted by molar-refractivity contribution is 6.30. The summed E-state index contributed by atoms with van der Waals surface area (Å²) in [5.41, 5.74) is 6.99. The van der Waals surface area contributed by atoms with Crippen LogP contribution in [0.25, 0.3) is 0 Å². The number of hydrogen-bond acceptors (Lipinski definition) is 4. The molecule has 5 nitrogen and oxygen atoms in total. The maximum absolute atomic E-state index is 12.0. The van der Waals surface area contributed by atoms with Crippen LogP contribution in [0.1, 0.15) is 10.5 Å². The number of nitrogens with one attached hydrogen (secondary N) is 1. The number of pyridine rings is 1. The molecule has 0 aliphatic heterocycles. The molecule has 1 heterocycles. The SMILES string of the molecule is COc1cc(N)ccc1NC(=O)c1ccc(Cl)cn1. The maximum Gasteiger partial charge on any atom is 0.274 e. The van der Waals surface area contributed by atoms with E-state index in [1.807, 2.05) is 0 Å². The van der Waals surface area contributed by atoms with E-state index in [0.29, 0.717) is 22.1 Å². The van der Waals surface area contributed by atoms with Crippen molar-refractivity contribution < 1.29 is 9.53 Å². The fraction of sp³-hybridized carbons (Fsp3) is 0.0769. The zero-order chi connectivity index (χ0) is 13.8. The van der Waals surface area contributed by atoms with Crippen molar-refractivity contribution in [3.05, 3.63) is 47.2 Å². The van der Waals surface area contributed by atoms with Gasteiger partial charge in [-0.25, -0.2) is 4.98 Å². The van der Waals surface area contributed by atoms with E-state index < -0.39 is 0 Å². The lowest BCUT2D eigenvalue weighted by Gasteiger charge is -2.10. The molecule has 0 atom stereocenters. The maximum atomic E-state index is 12.0. The normalized spacial score (nSPS) is 10.0. The minimum Gasteiger partial charge on any atom is -0.494 e. The van der Waals surface area contributed by atoms with E-state index in [2.05, 4.69) is 10.3 Å². The van der Waals surface area contributed by atoms with Crippen LogP contribution in [0.2, 0.25) is 5.02 Å². The molecule has 1 amide bonds. The summed E-state index contributed by atoms with van der Waals surface area (Å²) in [6.07, 6.45) is 1.41. The van der Waals surface area contributed by atoms with Gasteiger partial charge < -0.3 is 15.8 Å². The van der Waals surface area contributed by atoms with Crippen LogP contribution in [0, 0.1) is 0 Å². The number of nitrogen functional groups attached to an aromatic ring is 1. The minimum atomic E-state index is -0.347. The van der Waals surface area contributed by atoms with Crippen LogP contribution in [0.5, 0.6) is 5.75 Å². The number of nitrogens with two attached hydrogens (primary N) is 1. The number of ether oxygens (including phenoxy) is 1. The third-order valence-corrected chi connectivity index (χ3v) is 2.66. The third kappa shape index (κ3) is 3.14. The van der Waals surface area contributed by atoms with Gasteiger partial charge in [-0.1, -0.05) is 11.6 Å². The van der Waals surface area contributed by atoms with Crippen molar-refractivity contribution in [2.45, 2.75) is 0 Å². The third-order valence-electron chi connectivity index (χ3n) is 2.43. The monoisotopic (exact) mass is 277 g/mol. The Labute approximate surface area is 115 Å². The number of halogens is 1. The Morgan fingerprint density at radius 3 is 2.79 bits per heavy atom. The van der Waals surface area contributed by atoms with Crippen molar-refractivity contribution in [2.24, 2.45) is 0 Å². The molecule has 0 saturated heterocycles. The van der Waals surface area contributed by atoms with E-state index in [1.54, 1.807) is 30.3 Å². The summed E-state index contributed by atoms with van der Waals surface area (Å²) in [4.78, 5) is 15.9. The largest absolute Gasteiger partial charge is 0.494 e. The van der Waals surface area contributed by atoms with Gasteiger partial charge in [0.15, 0.2) is 0 Å². The molecular formula is C13H12ClN3O2. The Hall–Kier alpha value is -2.27. The molecule has 0 unspecified atom stereocenters. The Bertz CT molecular complexity index is 599. The molecule has 1 aromatic carbocycles. The fourth-order valence-electron chi connectivity index (χ4n) is 1.51. The first-order chi connectivity index (χ1) is 9.10. The van der Waals surface area contributed by atoms with E-state index >= 15 is 0 Å². The van der Waals surface area contributed by atoms with Crippen molar-refractivity contribution in [3.8, 4) is 5.75 Å².